The molecule has 0 amide bonds. The first-order valence-corrected chi connectivity index (χ1v) is 7.46. The van der Waals surface area contributed by atoms with Gasteiger partial charge in [-0.25, -0.2) is 0 Å². The first kappa shape index (κ1) is 16.7. The fraction of sp³-hybridized carbons (Fsp3) is 0.467. The Balaban J connectivity index is 2.16. The number of halogens is 1. The summed E-state index contributed by atoms with van der Waals surface area (Å²) < 4.78 is 11.0. The molecule has 0 unspecified atom stereocenters. The van der Waals surface area contributed by atoms with Crippen LogP contribution in [0.4, 0.5) is 0 Å². The fourth-order valence-electron chi connectivity index (χ4n) is 1.53. The molecule has 20 heavy (non-hydrogen) atoms. The van der Waals surface area contributed by atoms with E-state index in [0.717, 1.165) is 16.5 Å². The van der Waals surface area contributed by atoms with Crippen molar-refractivity contribution in [2.75, 3.05) is 6.61 Å². The molecule has 0 aliphatic rings. The van der Waals surface area contributed by atoms with Crippen molar-refractivity contribution in [1.82, 2.24) is 0 Å². The van der Waals surface area contributed by atoms with E-state index in [-0.39, 0.29) is 31.4 Å². The lowest BCUT2D eigenvalue weighted by atomic mass is 10.2. The predicted molar refractivity (Wildman–Crippen MR) is 79.0 cm³/mol. The van der Waals surface area contributed by atoms with Crippen molar-refractivity contribution in [3.05, 3.63) is 34.3 Å². The summed E-state index contributed by atoms with van der Waals surface area (Å²) in [5.74, 6) is -0.556. The molecule has 0 saturated carbocycles. The molecule has 5 heteroatoms. The highest BCUT2D eigenvalue weighted by atomic mass is 79.9. The molecule has 0 spiro atoms. The third-order valence-corrected chi connectivity index (χ3v) is 3.01. The van der Waals surface area contributed by atoms with Gasteiger partial charge >= 0.3 is 11.9 Å². The summed E-state index contributed by atoms with van der Waals surface area (Å²) in [5.41, 5.74) is 0.926. The molecular weight excluding hydrogens is 324 g/mol. The minimum absolute atomic E-state index is 0.231. The van der Waals surface area contributed by atoms with Crippen molar-refractivity contribution < 1.29 is 19.1 Å². The zero-order chi connectivity index (χ0) is 14.8. The van der Waals surface area contributed by atoms with Crippen molar-refractivity contribution >= 4 is 27.9 Å². The second-order valence-electron chi connectivity index (χ2n) is 4.36. The summed E-state index contributed by atoms with van der Waals surface area (Å²) in [4.78, 5) is 22.7. The molecule has 0 saturated heterocycles. The molecule has 0 atom stereocenters. The van der Waals surface area contributed by atoms with Crippen molar-refractivity contribution in [2.45, 2.75) is 39.2 Å². The lowest BCUT2D eigenvalue weighted by Crippen LogP contribution is -2.08. The molecule has 4 nitrogen and oxygen atoms in total. The summed E-state index contributed by atoms with van der Waals surface area (Å²) >= 11 is 3.36. The summed E-state index contributed by atoms with van der Waals surface area (Å²) in [6, 6.07) is 7.58. The summed E-state index contributed by atoms with van der Waals surface area (Å²) in [6.07, 6.45) is 1.75. The van der Waals surface area contributed by atoms with Crippen LogP contribution in [0.25, 0.3) is 0 Å². The number of benzene rings is 1. The lowest BCUT2D eigenvalue weighted by molar-refractivity contribution is -0.146. The average molecular weight is 343 g/mol. The third kappa shape index (κ3) is 7.28. The minimum Gasteiger partial charge on any atom is -0.466 e. The monoisotopic (exact) mass is 342 g/mol. The van der Waals surface area contributed by atoms with E-state index in [1.165, 1.54) is 0 Å². The van der Waals surface area contributed by atoms with E-state index in [0.29, 0.717) is 13.0 Å². The number of hydrogen-bond acceptors (Lipinski definition) is 4. The SMILES string of the molecule is CCCOC(=O)CCCC(=O)OCc1cccc(Br)c1. The van der Waals surface area contributed by atoms with Gasteiger partial charge in [-0.1, -0.05) is 35.0 Å². The van der Waals surface area contributed by atoms with Gasteiger partial charge in [-0.05, 0) is 30.5 Å². The first-order chi connectivity index (χ1) is 9.61. The van der Waals surface area contributed by atoms with E-state index in [1.807, 2.05) is 31.2 Å². The van der Waals surface area contributed by atoms with E-state index in [9.17, 15) is 9.59 Å². The highest BCUT2D eigenvalue weighted by molar-refractivity contribution is 9.10. The standard InChI is InChI=1S/C15H19BrO4/c1-2-9-19-14(17)7-4-8-15(18)20-11-12-5-3-6-13(16)10-12/h3,5-6,10H,2,4,7-9,11H2,1H3. The Morgan fingerprint density at radius 3 is 2.50 bits per heavy atom. The van der Waals surface area contributed by atoms with E-state index < -0.39 is 0 Å². The second-order valence-corrected chi connectivity index (χ2v) is 5.28. The minimum atomic E-state index is -0.298. The van der Waals surface area contributed by atoms with E-state index in [4.69, 9.17) is 9.47 Å². The van der Waals surface area contributed by atoms with Crippen molar-refractivity contribution in [1.29, 1.82) is 0 Å². The highest BCUT2D eigenvalue weighted by Gasteiger charge is 2.07. The Labute approximate surface area is 127 Å². The average Bonchev–Trinajstić information content (AvgIpc) is 2.43. The second kappa shape index (κ2) is 9.53. The predicted octanol–water partition coefficient (Wildman–Crippen LogP) is 3.62. The quantitative estimate of drug-likeness (QED) is 0.677. The van der Waals surface area contributed by atoms with Gasteiger partial charge in [0.2, 0.25) is 0 Å². The van der Waals surface area contributed by atoms with Gasteiger partial charge < -0.3 is 9.47 Å². The van der Waals surface area contributed by atoms with E-state index in [1.54, 1.807) is 0 Å². The van der Waals surface area contributed by atoms with Crippen molar-refractivity contribution in [3.63, 3.8) is 0 Å². The topological polar surface area (TPSA) is 52.6 Å². The van der Waals surface area contributed by atoms with Crippen molar-refractivity contribution in [2.24, 2.45) is 0 Å². The smallest absolute Gasteiger partial charge is 0.306 e. The van der Waals surface area contributed by atoms with Gasteiger partial charge in [0.05, 0.1) is 6.61 Å². The van der Waals surface area contributed by atoms with Gasteiger partial charge in [0.1, 0.15) is 6.61 Å². The molecule has 0 heterocycles. The Morgan fingerprint density at radius 1 is 1.15 bits per heavy atom. The molecule has 110 valence electrons. The third-order valence-electron chi connectivity index (χ3n) is 2.52. The van der Waals surface area contributed by atoms with E-state index in [2.05, 4.69) is 15.9 Å². The van der Waals surface area contributed by atoms with Gasteiger partial charge in [0, 0.05) is 17.3 Å². The van der Waals surface area contributed by atoms with Gasteiger partial charge in [-0.2, -0.15) is 0 Å². The fourth-order valence-corrected chi connectivity index (χ4v) is 1.97. The maximum Gasteiger partial charge on any atom is 0.306 e. The zero-order valence-corrected chi connectivity index (χ0v) is 13.1. The molecule has 0 aliphatic carbocycles. The van der Waals surface area contributed by atoms with Crippen LogP contribution >= 0.6 is 15.9 Å². The number of rotatable bonds is 8. The maximum atomic E-state index is 11.5. The number of carbonyl (C=O) groups is 2. The van der Waals surface area contributed by atoms with Gasteiger partial charge in [0.25, 0.3) is 0 Å². The largest absolute Gasteiger partial charge is 0.466 e. The molecule has 0 bridgehead atoms. The maximum absolute atomic E-state index is 11.5. The Kier molecular flexibility index (Phi) is 7.95. The first-order valence-electron chi connectivity index (χ1n) is 6.67. The molecule has 0 radical (unpaired) electrons. The zero-order valence-electron chi connectivity index (χ0n) is 11.6. The lowest BCUT2D eigenvalue weighted by Gasteiger charge is -2.05. The molecular formula is C15H19BrO4. The van der Waals surface area contributed by atoms with Gasteiger partial charge in [-0.3, -0.25) is 9.59 Å². The van der Waals surface area contributed by atoms with Gasteiger partial charge in [-0.15, -0.1) is 0 Å². The normalized spacial score (nSPS) is 10.1. The summed E-state index contributed by atoms with van der Waals surface area (Å²) in [7, 11) is 0. The van der Waals surface area contributed by atoms with Crippen LogP contribution in [0.5, 0.6) is 0 Å². The number of esters is 2. The molecule has 0 aliphatic heterocycles. The molecule has 0 aromatic heterocycles. The molecule has 1 aromatic rings. The van der Waals surface area contributed by atoms with Crippen LogP contribution in [0.15, 0.2) is 28.7 Å². The van der Waals surface area contributed by atoms with Crippen LogP contribution < -0.4 is 0 Å². The molecule has 0 fully saturated rings. The van der Waals surface area contributed by atoms with Crippen molar-refractivity contribution in [3.8, 4) is 0 Å². The highest BCUT2D eigenvalue weighted by Crippen LogP contribution is 2.12. The van der Waals surface area contributed by atoms with Crippen LogP contribution in [0.1, 0.15) is 38.2 Å². The Morgan fingerprint density at radius 2 is 1.85 bits per heavy atom. The van der Waals surface area contributed by atoms with Gasteiger partial charge in [0.15, 0.2) is 0 Å². The molecule has 1 rings (SSSR count). The van der Waals surface area contributed by atoms with Crippen LogP contribution in [0, 0.1) is 0 Å². The van der Waals surface area contributed by atoms with Crippen LogP contribution in [-0.4, -0.2) is 18.5 Å². The number of carbonyl (C=O) groups excluding carboxylic acids is 2. The van der Waals surface area contributed by atoms with Crippen LogP contribution in [-0.2, 0) is 25.7 Å². The number of ether oxygens (including phenoxy) is 2. The Hall–Kier alpha value is -1.36. The number of hydrogen-bond donors (Lipinski definition) is 0. The van der Waals surface area contributed by atoms with Crippen LogP contribution in [0.2, 0.25) is 0 Å². The molecule has 1 aromatic carbocycles. The molecule has 0 N–H and O–H groups in total. The van der Waals surface area contributed by atoms with E-state index >= 15 is 0 Å². The van der Waals surface area contributed by atoms with Crippen LogP contribution in [0.3, 0.4) is 0 Å². The summed E-state index contributed by atoms with van der Waals surface area (Å²) in [5, 5.41) is 0. The Bertz CT molecular complexity index is 445. The summed E-state index contributed by atoms with van der Waals surface area (Å²) in [6.45, 7) is 2.62.